The second kappa shape index (κ2) is 5.24. The molecule has 0 bridgehead atoms. The fraction of sp³-hybridized carbons (Fsp3) is 0.643. The summed E-state index contributed by atoms with van der Waals surface area (Å²) < 4.78 is 5.69. The lowest BCUT2D eigenvalue weighted by Gasteiger charge is -2.39. The lowest BCUT2D eigenvalue weighted by molar-refractivity contribution is 0.0343. The standard InChI is InChI=1S/C14H23N3O/c1-9-5-14(13(6-15)12(4)16-9)17-7-11(3)18-8-10(17)2/h5,10-11H,6-8,15H2,1-4H3. The SMILES string of the molecule is Cc1cc(N2CC(C)OCC2C)c(CN)c(C)n1. The largest absolute Gasteiger partial charge is 0.375 e. The van der Waals surface area contributed by atoms with Crippen LogP contribution in [0.1, 0.15) is 30.8 Å². The number of nitrogens with zero attached hydrogens (tertiary/aromatic N) is 2. The molecule has 0 aliphatic carbocycles. The molecule has 4 nitrogen and oxygen atoms in total. The summed E-state index contributed by atoms with van der Waals surface area (Å²) in [6.45, 7) is 10.6. The highest BCUT2D eigenvalue weighted by Crippen LogP contribution is 2.27. The van der Waals surface area contributed by atoms with Crippen LogP contribution >= 0.6 is 0 Å². The quantitative estimate of drug-likeness (QED) is 0.868. The number of hydrogen-bond donors (Lipinski definition) is 1. The highest BCUT2D eigenvalue weighted by Gasteiger charge is 2.26. The first-order valence-electron chi connectivity index (χ1n) is 6.58. The number of rotatable bonds is 2. The van der Waals surface area contributed by atoms with Crippen LogP contribution in [0.15, 0.2) is 6.07 Å². The molecule has 1 aromatic heterocycles. The van der Waals surface area contributed by atoms with Gasteiger partial charge in [0, 0.05) is 41.8 Å². The van der Waals surface area contributed by atoms with Gasteiger partial charge in [-0.2, -0.15) is 0 Å². The molecule has 1 fully saturated rings. The van der Waals surface area contributed by atoms with Gasteiger partial charge in [-0.1, -0.05) is 0 Å². The fourth-order valence-electron chi connectivity index (χ4n) is 2.58. The van der Waals surface area contributed by atoms with Crippen LogP contribution in [0.2, 0.25) is 0 Å². The Hall–Kier alpha value is -1.13. The van der Waals surface area contributed by atoms with Crippen LogP contribution in [-0.2, 0) is 11.3 Å². The van der Waals surface area contributed by atoms with Crippen LogP contribution < -0.4 is 10.6 Å². The second-order valence-electron chi connectivity index (χ2n) is 5.20. The zero-order valence-electron chi connectivity index (χ0n) is 11.7. The van der Waals surface area contributed by atoms with E-state index in [4.69, 9.17) is 10.5 Å². The Morgan fingerprint density at radius 1 is 1.44 bits per heavy atom. The van der Waals surface area contributed by atoms with Crippen LogP contribution in [0.4, 0.5) is 5.69 Å². The molecule has 1 aromatic rings. The minimum Gasteiger partial charge on any atom is -0.375 e. The minimum atomic E-state index is 0.264. The summed E-state index contributed by atoms with van der Waals surface area (Å²) >= 11 is 0. The second-order valence-corrected chi connectivity index (χ2v) is 5.20. The van der Waals surface area contributed by atoms with Gasteiger partial charge >= 0.3 is 0 Å². The molecule has 2 atom stereocenters. The molecule has 2 N–H and O–H groups in total. The Morgan fingerprint density at radius 2 is 2.17 bits per heavy atom. The van der Waals surface area contributed by atoms with E-state index in [0.29, 0.717) is 12.6 Å². The Morgan fingerprint density at radius 3 is 2.83 bits per heavy atom. The number of anilines is 1. The van der Waals surface area contributed by atoms with Crippen molar-refractivity contribution in [3.8, 4) is 0 Å². The van der Waals surface area contributed by atoms with Gasteiger partial charge in [-0.25, -0.2) is 0 Å². The molecule has 0 radical (unpaired) electrons. The van der Waals surface area contributed by atoms with Crippen LogP contribution in [0.5, 0.6) is 0 Å². The summed E-state index contributed by atoms with van der Waals surface area (Å²) in [5.41, 5.74) is 10.4. The Bertz CT molecular complexity index is 433. The summed E-state index contributed by atoms with van der Waals surface area (Å²) in [6.07, 6.45) is 0.264. The summed E-state index contributed by atoms with van der Waals surface area (Å²) in [6, 6.07) is 2.52. The maximum absolute atomic E-state index is 5.89. The summed E-state index contributed by atoms with van der Waals surface area (Å²) in [5, 5.41) is 0. The Labute approximate surface area is 109 Å². The third-order valence-electron chi connectivity index (χ3n) is 3.56. The van der Waals surface area contributed by atoms with E-state index in [9.17, 15) is 0 Å². The molecule has 2 rings (SSSR count). The first kappa shape index (κ1) is 13.3. The molecule has 0 amide bonds. The third kappa shape index (κ3) is 2.49. The highest BCUT2D eigenvalue weighted by molar-refractivity contribution is 5.57. The highest BCUT2D eigenvalue weighted by atomic mass is 16.5. The molecular formula is C14H23N3O. The van der Waals surface area contributed by atoms with Crippen LogP contribution in [-0.4, -0.2) is 30.3 Å². The van der Waals surface area contributed by atoms with Crippen molar-refractivity contribution in [2.45, 2.75) is 46.4 Å². The molecule has 100 valence electrons. The molecule has 2 unspecified atom stereocenters. The molecule has 4 heteroatoms. The normalized spacial score (nSPS) is 24.4. The lowest BCUT2D eigenvalue weighted by atomic mass is 10.1. The molecule has 2 heterocycles. The van der Waals surface area contributed by atoms with Gasteiger partial charge in [0.05, 0.1) is 12.7 Å². The number of pyridine rings is 1. The van der Waals surface area contributed by atoms with Gasteiger partial charge in [-0.3, -0.25) is 4.98 Å². The van der Waals surface area contributed by atoms with Crippen molar-refractivity contribution >= 4 is 5.69 Å². The van der Waals surface area contributed by atoms with E-state index in [1.165, 1.54) is 5.69 Å². The van der Waals surface area contributed by atoms with Crippen LogP contribution in [0, 0.1) is 13.8 Å². The monoisotopic (exact) mass is 249 g/mol. The number of aryl methyl sites for hydroxylation is 2. The average Bonchev–Trinajstić information content (AvgIpc) is 2.31. The van der Waals surface area contributed by atoms with E-state index >= 15 is 0 Å². The van der Waals surface area contributed by atoms with Crippen molar-refractivity contribution in [2.75, 3.05) is 18.1 Å². The molecular weight excluding hydrogens is 226 g/mol. The van der Waals surface area contributed by atoms with E-state index in [0.717, 1.165) is 30.1 Å². The van der Waals surface area contributed by atoms with E-state index < -0.39 is 0 Å². The van der Waals surface area contributed by atoms with E-state index in [-0.39, 0.29) is 6.10 Å². The fourth-order valence-corrected chi connectivity index (χ4v) is 2.58. The van der Waals surface area contributed by atoms with Crippen molar-refractivity contribution in [3.05, 3.63) is 23.0 Å². The Balaban J connectivity index is 2.42. The predicted molar refractivity (Wildman–Crippen MR) is 73.8 cm³/mol. The number of aromatic nitrogens is 1. The molecule has 1 saturated heterocycles. The van der Waals surface area contributed by atoms with Crippen LogP contribution in [0.3, 0.4) is 0 Å². The molecule has 0 aromatic carbocycles. The summed E-state index contributed by atoms with van der Waals surface area (Å²) in [7, 11) is 0. The molecule has 1 aliphatic heterocycles. The van der Waals surface area contributed by atoms with E-state index in [1.54, 1.807) is 0 Å². The van der Waals surface area contributed by atoms with Crippen molar-refractivity contribution in [1.82, 2.24) is 4.98 Å². The summed E-state index contributed by atoms with van der Waals surface area (Å²) in [5.74, 6) is 0. The maximum atomic E-state index is 5.89. The van der Waals surface area contributed by atoms with Crippen molar-refractivity contribution < 1.29 is 4.74 Å². The summed E-state index contributed by atoms with van der Waals surface area (Å²) in [4.78, 5) is 6.91. The first-order valence-corrected chi connectivity index (χ1v) is 6.58. The third-order valence-corrected chi connectivity index (χ3v) is 3.56. The topological polar surface area (TPSA) is 51.4 Å². The van der Waals surface area contributed by atoms with Gasteiger partial charge in [-0.05, 0) is 33.8 Å². The first-order chi connectivity index (χ1) is 8.52. The number of nitrogens with two attached hydrogens (primary N) is 1. The van der Waals surface area contributed by atoms with Gasteiger partial charge in [0.2, 0.25) is 0 Å². The van der Waals surface area contributed by atoms with Crippen LogP contribution in [0.25, 0.3) is 0 Å². The van der Waals surface area contributed by atoms with E-state index in [1.807, 2.05) is 13.8 Å². The molecule has 0 spiro atoms. The van der Waals surface area contributed by atoms with Crippen molar-refractivity contribution in [2.24, 2.45) is 5.73 Å². The van der Waals surface area contributed by atoms with Crippen molar-refractivity contribution in [3.63, 3.8) is 0 Å². The van der Waals surface area contributed by atoms with Gasteiger partial charge in [0.25, 0.3) is 0 Å². The zero-order chi connectivity index (χ0) is 13.3. The molecule has 0 saturated carbocycles. The number of ether oxygens (including phenoxy) is 1. The lowest BCUT2D eigenvalue weighted by Crippen LogP contribution is -2.48. The van der Waals surface area contributed by atoms with Gasteiger partial charge in [0.15, 0.2) is 0 Å². The minimum absolute atomic E-state index is 0.264. The van der Waals surface area contributed by atoms with Gasteiger partial charge < -0.3 is 15.4 Å². The maximum Gasteiger partial charge on any atom is 0.0723 e. The zero-order valence-corrected chi connectivity index (χ0v) is 11.7. The number of hydrogen-bond acceptors (Lipinski definition) is 4. The Kier molecular flexibility index (Phi) is 3.88. The molecule has 1 aliphatic rings. The smallest absolute Gasteiger partial charge is 0.0723 e. The van der Waals surface area contributed by atoms with Gasteiger partial charge in [-0.15, -0.1) is 0 Å². The average molecular weight is 249 g/mol. The van der Waals surface area contributed by atoms with E-state index in [2.05, 4.69) is 29.8 Å². The predicted octanol–water partition coefficient (Wildman–Crippen LogP) is 1.77. The molecule has 18 heavy (non-hydrogen) atoms. The van der Waals surface area contributed by atoms with Gasteiger partial charge in [0.1, 0.15) is 0 Å². The number of morpholine rings is 1. The van der Waals surface area contributed by atoms with Crippen molar-refractivity contribution in [1.29, 1.82) is 0 Å².